The average Bonchev–Trinajstić information content (AvgIpc) is 2.91. The number of hydrogen-bond donors (Lipinski definition) is 0. The van der Waals surface area contributed by atoms with Crippen molar-refractivity contribution < 1.29 is 9.53 Å². The van der Waals surface area contributed by atoms with Crippen LogP contribution < -0.4 is 0 Å². The number of thioether (sulfide) groups is 1. The largest absolute Gasteiger partial charge is 0.378 e. The van der Waals surface area contributed by atoms with E-state index in [9.17, 15) is 4.79 Å². The molecule has 1 fully saturated rings. The number of allylic oxidation sites excluding steroid dienone is 2. The van der Waals surface area contributed by atoms with E-state index in [4.69, 9.17) is 4.74 Å². The Morgan fingerprint density at radius 1 is 1.19 bits per heavy atom. The van der Waals surface area contributed by atoms with Crippen molar-refractivity contribution in [1.82, 2.24) is 4.90 Å². The molecule has 0 bridgehead atoms. The summed E-state index contributed by atoms with van der Waals surface area (Å²) in [7, 11) is 0. The molecule has 1 aromatic carbocycles. The van der Waals surface area contributed by atoms with Crippen LogP contribution in [0.15, 0.2) is 52.4 Å². The predicted molar refractivity (Wildman–Crippen MR) is 86.0 cm³/mol. The molecule has 2 aliphatic rings. The molecule has 2 heterocycles. The van der Waals surface area contributed by atoms with Gasteiger partial charge in [0.05, 0.1) is 18.1 Å². The summed E-state index contributed by atoms with van der Waals surface area (Å²) in [6, 6.07) is 10.0. The van der Waals surface area contributed by atoms with Gasteiger partial charge in [-0.25, -0.2) is 0 Å². The topological polar surface area (TPSA) is 41.9 Å². The second kappa shape index (κ2) is 6.74. The molecule has 21 heavy (non-hydrogen) atoms. The fraction of sp³-hybridized carbons (Fsp3) is 0.250. The van der Waals surface area contributed by atoms with Crippen LogP contribution in [0.2, 0.25) is 0 Å². The highest BCUT2D eigenvalue weighted by Crippen LogP contribution is 2.28. The van der Waals surface area contributed by atoms with Crippen molar-refractivity contribution in [2.75, 3.05) is 26.3 Å². The molecular formula is C16H16N2O2S. The smallest absolute Gasteiger partial charge is 0.286 e. The minimum absolute atomic E-state index is 0.154. The van der Waals surface area contributed by atoms with Gasteiger partial charge in [-0.2, -0.15) is 4.99 Å². The van der Waals surface area contributed by atoms with Crippen LogP contribution in [0.4, 0.5) is 0 Å². The molecule has 1 aromatic rings. The summed E-state index contributed by atoms with van der Waals surface area (Å²) in [4.78, 5) is 18.8. The lowest BCUT2D eigenvalue weighted by Crippen LogP contribution is -2.38. The van der Waals surface area contributed by atoms with Crippen LogP contribution in [0.3, 0.4) is 0 Å². The van der Waals surface area contributed by atoms with E-state index in [-0.39, 0.29) is 5.91 Å². The second-order valence-electron chi connectivity index (χ2n) is 4.70. The molecule has 0 atom stereocenters. The molecule has 1 saturated heterocycles. The van der Waals surface area contributed by atoms with Crippen molar-refractivity contribution in [3.05, 3.63) is 53.0 Å². The zero-order valence-electron chi connectivity index (χ0n) is 11.6. The van der Waals surface area contributed by atoms with Gasteiger partial charge >= 0.3 is 0 Å². The molecular weight excluding hydrogens is 284 g/mol. The average molecular weight is 300 g/mol. The third-order valence-electron chi connectivity index (χ3n) is 3.23. The van der Waals surface area contributed by atoms with Crippen LogP contribution in [0, 0.1) is 0 Å². The maximum atomic E-state index is 11.9. The maximum Gasteiger partial charge on any atom is 0.286 e. The first-order valence-corrected chi connectivity index (χ1v) is 7.71. The van der Waals surface area contributed by atoms with Gasteiger partial charge in [-0.15, -0.1) is 0 Å². The van der Waals surface area contributed by atoms with Gasteiger partial charge in [-0.05, 0) is 23.4 Å². The lowest BCUT2D eigenvalue weighted by molar-refractivity contribution is -0.113. The number of benzene rings is 1. The molecule has 0 unspecified atom stereocenters. The number of hydrogen-bond acceptors (Lipinski definition) is 4. The van der Waals surface area contributed by atoms with E-state index in [0.717, 1.165) is 23.8 Å². The standard InChI is InChI=1S/C16H16N2O2S/c19-15-14(8-4-7-13-5-2-1-3-6-13)21-16(17-15)18-9-11-20-12-10-18/h1-8H,9-12H2/b7-4-,14-8-. The molecule has 3 rings (SSSR count). The van der Waals surface area contributed by atoms with E-state index in [1.54, 1.807) is 0 Å². The summed E-state index contributed by atoms with van der Waals surface area (Å²) in [5.74, 6) is -0.154. The molecule has 5 heteroatoms. The van der Waals surface area contributed by atoms with Crippen molar-refractivity contribution in [2.24, 2.45) is 4.99 Å². The molecule has 108 valence electrons. The van der Waals surface area contributed by atoms with Gasteiger partial charge in [0.15, 0.2) is 5.17 Å². The number of rotatable bonds is 2. The number of morpholine rings is 1. The van der Waals surface area contributed by atoms with Gasteiger partial charge in [-0.1, -0.05) is 42.5 Å². The lowest BCUT2D eigenvalue weighted by atomic mass is 10.2. The van der Waals surface area contributed by atoms with Crippen LogP contribution in [0.1, 0.15) is 5.56 Å². The molecule has 0 N–H and O–H groups in total. The lowest BCUT2D eigenvalue weighted by Gasteiger charge is -2.27. The van der Waals surface area contributed by atoms with E-state index in [1.165, 1.54) is 11.8 Å². The van der Waals surface area contributed by atoms with Crippen molar-refractivity contribution >= 4 is 28.9 Å². The molecule has 4 nitrogen and oxygen atoms in total. The number of carbonyl (C=O) groups excluding carboxylic acids is 1. The third kappa shape index (κ3) is 3.62. The molecule has 0 spiro atoms. The second-order valence-corrected chi connectivity index (χ2v) is 5.71. The Hall–Kier alpha value is -1.85. The summed E-state index contributed by atoms with van der Waals surface area (Å²) in [5.41, 5.74) is 1.11. The summed E-state index contributed by atoms with van der Waals surface area (Å²) in [6.45, 7) is 2.99. The van der Waals surface area contributed by atoms with E-state index in [1.807, 2.05) is 48.6 Å². The zero-order chi connectivity index (χ0) is 14.5. The number of nitrogens with zero attached hydrogens (tertiary/aromatic N) is 2. The number of amidine groups is 1. The summed E-state index contributed by atoms with van der Waals surface area (Å²) in [6.07, 6.45) is 5.71. The van der Waals surface area contributed by atoms with E-state index in [2.05, 4.69) is 9.89 Å². The first-order chi connectivity index (χ1) is 10.3. The minimum atomic E-state index is -0.154. The Labute approximate surface area is 128 Å². The first kappa shape index (κ1) is 14.1. The molecule has 2 aliphatic heterocycles. The van der Waals surface area contributed by atoms with Crippen molar-refractivity contribution in [3.8, 4) is 0 Å². The highest BCUT2D eigenvalue weighted by Gasteiger charge is 2.26. The van der Waals surface area contributed by atoms with Crippen LogP contribution >= 0.6 is 11.8 Å². The molecule has 1 amide bonds. The van der Waals surface area contributed by atoms with E-state index < -0.39 is 0 Å². The Bertz CT molecular complexity index is 602. The minimum Gasteiger partial charge on any atom is -0.378 e. The predicted octanol–water partition coefficient (Wildman–Crippen LogP) is 2.55. The summed E-state index contributed by atoms with van der Waals surface area (Å²) < 4.78 is 5.31. The third-order valence-corrected chi connectivity index (χ3v) is 4.29. The van der Waals surface area contributed by atoms with Crippen LogP contribution in [-0.4, -0.2) is 42.3 Å². The molecule has 0 saturated carbocycles. The number of amides is 1. The Kier molecular flexibility index (Phi) is 4.52. The van der Waals surface area contributed by atoms with Gasteiger partial charge < -0.3 is 9.64 Å². The number of carbonyl (C=O) groups is 1. The van der Waals surface area contributed by atoms with Gasteiger partial charge in [0.1, 0.15) is 0 Å². The Morgan fingerprint density at radius 3 is 2.71 bits per heavy atom. The van der Waals surface area contributed by atoms with Crippen molar-refractivity contribution in [1.29, 1.82) is 0 Å². The van der Waals surface area contributed by atoms with Crippen molar-refractivity contribution in [3.63, 3.8) is 0 Å². The van der Waals surface area contributed by atoms with Crippen LogP contribution in [-0.2, 0) is 9.53 Å². The highest BCUT2D eigenvalue weighted by atomic mass is 32.2. The van der Waals surface area contributed by atoms with Crippen molar-refractivity contribution in [2.45, 2.75) is 0 Å². The molecule has 0 radical (unpaired) electrons. The van der Waals surface area contributed by atoms with E-state index >= 15 is 0 Å². The van der Waals surface area contributed by atoms with E-state index in [0.29, 0.717) is 18.1 Å². The highest BCUT2D eigenvalue weighted by molar-refractivity contribution is 8.18. The number of aliphatic imine (C=N–C) groups is 1. The Balaban J connectivity index is 1.64. The van der Waals surface area contributed by atoms with Crippen LogP contribution in [0.25, 0.3) is 6.08 Å². The fourth-order valence-electron chi connectivity index (χ4n) is 2.11. The molecule has 0 aliphatic carbocycles. The molecule has 0 aromatic heterocycles. The van der Waals surface area contributed by atoms with Gasteiger partial charge in [0, 0.05) is 13.1 Å². The monoisotopic (exact) mass is 300 g/mol. The first-order valence-electron chi connectivity index (χ1n) is 6.90. The zero-order valence-corrected chi connectivity index (χ0v) is 12.4. The SMILES string of the molecule is O=C1N=C(N2CCOCC2)S/C1=C\C=C/c1ccccc1. The summed E-state index contributed by atoms with van der Waals surface area (Å²) in [5, 5.41) is 0.794. The summed E-state index contributed by atoms with van der Waals surface area (Å²) >= 11 is 1.44. The quantitative estimate of drug-likeness (QED) is 0.787. The Morgan fingerprint density at radius 2 is 1.95 bits per heavy atom. The van der Waals surface area contributed by atoms with Gasteiger partial charge in [0.2, 0.25) is 0 Å². The number of ether oxygens (including phenoxy) is 1. The maximum absolute atomic E-state index is 11.9. The fourth-order valence-corrected chi connectivity index (χ4v) is 3.03. The van der Waals surface area contributed by atoms with Gasteiger partial charge in [0.25, 0.3) is 5.91 Å². The van der Waals surface area contributed by atoms with Crippen LogP contribution in [0.5, 0.6) is 0 Å². The van der Waals surface area contributed by atoms with Gasteiger partial charge in [-0.3, -0.25) is 4.79 Å². The normalized spacial score (nSPS) is 21.3.